The third-order valence-electron chi connectivity index (χ3n) is 6.33. The molecule has 0 amide bonds. The number of hydrogen-bond acceptors (Lipinski definition) is 2. The summed E-state index contributed by atoms with van der Waals surface area (Å²) >= 11 is 0. The molecular weight excluding hydrogens is 306 g/mol. The molecule has 132 valence electrons. The molecule has 2 aliphatic carbocycles. The van der Waals surface area contributed by atoms with Crippen LogP contribution in [0.1, 0.15) is 60.3 Å². The Morgan fingerprint density at radius 2 is 1.72 bits per heavy atom. The molecule has 25 heavy (non-hydrogen) atoms. The summed E-state index contributed by atoms with van der Waals surface area (Å²) in [6.45, 7) is 0. The zero-order valence-corrected chi connectivity index (χ0v) is 15.2. The van der Waals surface area contributed by atoms with Crippen LogP contribution in [0.2, 0.25) is 0 Å². The lowest BCUT2D eigenvalue weighted by atomic mass is 9.80. The van der Waals surface area contributed by atoms with Crippen LogP contribution in [0.15, 0.2) is 42.5 Å². The van der Waals surface area contributed by atoms with E-state index in [0.717, 1.165) is 25.0 Å². The minimum absolute atomic E-state index is 0.300. The molecule has 0 radical (unpaired) electrons. The number of rotatable bonds is 4. The fourth-order valence-corrected chi connectivity index (χ4v) is 4.91. The first-order valence-corrected chi connectivity index (χ1v) is 9.76. The molecular formula is C23H29NO. The highest BCUT2D eigenvalue weighted by molar-refractivity contribution is 5.47. The van der Waals surface area contributed by atoms with Gasteiger partial charge in [-0.25, -0.2) is 0 Å². The second-order valence-corrected chi connectivity index (χ2v) is 7.76. The Balaban J connectivity index is 1.72. The van der Waals surface area contributed by atoms with Gasteiger partial charge < -0.3 is 10.5 Å². The van der Waals surface area contributed by atoms with Crippen molar-refractivity contribution in [3.63, 3.8) is 0 Å². The quantitative estimate of drug-likeness (QED) is 0.868. The Morgan fingerprint density at radius 3 is 2.52 bits per heavy atom. The highest BCUT2D eigenvalue weighted by Crippen LogP contribution is 2.40. The van der Waals surface area contributed by atoms with Crippen LogP contribution in [0.4, 0.5) is 0 Å². The van der Waals surface area contributed by atoms with E-state index in [1.165, 1.54) is 47.9 Å². The summed E-state index contributed by atoms with van der Waals surface area (Å²) in [6.07, 6.45) is 8.57. The summed E-state index contributed by atoms with van der Waals surface area (Å²) in [5.41, 5.74) is 12.6. The first-order chi connectivity index (χ1) is 12.3. The van der Waals surface area contributed by atoms with Crippen molar-refractivity contribution in [3.05, 3.63) is 64.7 Å². The van der Waals surface area contributed by atoms with Gasteiger partial charge in [0.05, 0.1) is 7.11 Å². The first-order valence-electron chi connectivity index (χ1n) is 9.76. The predicted octanol–water partition coefficient (Wildman–Crippen LogP) is 4.83. The number of methoxy groups -OCH3 is 1. The molecule has 0 heterocycles. The van der Waals surface area contributed by atoms with E-state index < -0.39 is 0 Å². The zero-order chi connectivity index (χ0) is 17.2. The number of nitrogens with two attached hydrogens (primary N) is 1. The van der Waals surface area contributed by atoms with E-state index in [4.69, 9.17) is 10.5 Å². The highest BCUT2D eigenvalue weighted by Gasteiger charge is 2.29. The molecule has 0 spiro atoms. The van der Waals surface area contributed by atoms with E-state index in [1.807, 2.05) is 0 Å². The van der Waals surface area contributed by atoms with Crippen molar-refractivity contribution >= 4 is 0 Å². The van der Waals surface area contributed by atoms with Crippen LogP contribution >= 0.6 is 0 Å². The summed E-state index contributed by atoms with van der Waals surface area (Å²) in [5, 5.41) is 0. The molecule has 2 aromatic carbocycles. The Kier molecular flexibility index (Phi) is 4.80. The molecule has 4 rings (SSSR count). The lowest BCUT2D eigenvalue weighted by molar-refractivity contribution is 0.395. The smallest absolute Gasteiger partial charge is 0.119 e. The molecule has 0 saturated heterocycles. The number of aryl methyl sites for hydroxylation is 2. The fraction of sp³-hybridized carbons (Fsp3) is 0.478. The van der Waals surface area contributed by atoms with E-state index in [2.05, 4.69) is 42.5 Å². The topological polar surface area (TPSA) is 35.2 Å². The monoisotopic (exact) mass is 335 g/mol. The minimum atomic E-state index is 0.300. The van der Waals surface area contributed by atoms with Crippen LogP contribution in [0.5, 0.6) is 5.75 Å². The number of benzene rings is 2. The van der Waals surface area contributed by atoms with E-state index in [1.54, 1.807) is 7.11 Å². The number of fused-ring (bicyclic) bond motifs is 2. The molecule has 2 unspecified atom stereocenters. The second-order valence-electron chi connectivity index (χ2n) is 7.76. The third kappa shape index (κ3) is 3.32. The predicted molar refractivity (Wildman–Crippen MR) is 103 cm³/mol. The van der Waals surface area contributed by atoms with Crippen molar-refractivity contribution in [2.45, 2.75) is 56.9 Å². The van der Waals surface area contributed by atoms with Crippen molar-refractivity contribution < 1.29 is 4.74 Å². The van der Waals surface area contributed by atoms with E-state index >= 15 is 0 Å². The maximum atomic E-state index is 6.71. The number of ether oxygens (including phenoxy) is 1. The largest absolute Gasteiger partial charge is 0.497 e. The molecule has 0 aliphatic heterocycles. The van der Waals surface area contributed by atoms with Crippen LogP contribution in [-0.4, -0.2) is 13.2 Å². The maximum Gasteiger partial charge on any atom is 0.119 e. The summed E-state index contributed by atoms with van der Waals surface area (Å²) in [4.78, 5) is 0. The molecule has 2 aliphatic rings. The molecule has 2 N–H and O–H groups in total. The Bertz CT molecular complexity index is 733. The average Bonchev–Trinajstić information content (AvgIpc) is 3.15. The minimum Gasteiger partial charge on any atom is -0.497 e. The summed E-state index contributed by atoms with van der Waals surface area (Å²) < 4.78 is 5.47. The Hall–Kier alpha value is -1.80. The van der Waals surface area contributed by atoms with Crippen molar-refractivity contribution in [2.24, 2.45) is 11.7 Å². The van der Waals surface area contributed by atoms with Gasteiger partial charge in [0, 0.05) is 12.0 Å². The molecule has 2 aromatic rings. The summed E-state index contributed by atoms with van der Waals surface area (Å²) in [5.74, 6) is 2.08. The summed E-state index contributed by atoms with van der Waals surface area (Å²) in [6, 6.07) is 15.9. The Morgan fingerprint density at radius 1 is 1.00 bits per heavy atom. The molecule has 0 bridgehead atoms. The van der Waals surface area contributed by atoms with Gasteiger partial charge in [-0.15, -0.1) is 0 Å². The third-order valence-corrected chi connectivity index (χ3v) is 6.33. The van der Waals surface area contributed by atoms with Crippen molar-refractivity contribution in [1.82, 2.24) is 0 Å². The van der Waals surface area contributed by atoms with Gasteiger partial charge in [0.15, 0.2) is 0 Å². The van der Waals surface area contributed by atoms with Crippen LogP contribution < -0.4 is 10.5 Å². The SMILES string of the molecule is COc1ccc2c(c1)CCc1ccccc1C2CC(N)C1CCCC1. The van der Waals surface area contributed by atoms with Gasteiger partial charge in [-0.2, -0.15) is 0 Å². The maximum absolute atomic E-state index is 6.71. The zero-order valence-electron chi connectivity index (χ0n) is 15.2. The molecule has 2 atom stereocenters. The van der Waals surface area contributed by atoms with E-state index in [0.29, 0.717) is 17.9 Å². The second kappa shape index (κ2) is 7.21. The van der Waals surface area contributed by atoms with Gasteiger partial charge in [0.25, 0.3) is 0 Å². The molecule has 1 fully saturated rings. The van der Waals surface area contributed by atoms with Crippen LogP contribution in [0, 0.1) is 5.92 Å². The van der Waals surface area contributed by atoms with Crippen LogP contribution in [0.25, 0.3) is 0 Å². The van der Waals surface area contributed by atoms with Crippen molar-refractivity contribution in [3.8, 4) is 5.75 Å². The van der Waals surface area contributed by atoms with Crippen LogP contribution in [-0.2, 0) is 12.8 Å². The fourth-order valence-electron chi connectivity index (χ4n) is 4.91. The molecule has 2 heteroatoms. The molecule has 1 saturated carbocycles. The van der Waals surface area contributed by atoms with Gasteiger partial charge in [-0.1, -0.05) is 43.2 Å². The lowest BCUT2D eigenvalue weighted by Gasteiger charge is -2.27. The lowest BCUT2D eigenvalue weighted by Crippen LogP contribution is -2.30. The molecule has 0 aromatic heterocycles. The van der Waals surface area contributed by atoms with Gasteiger partial charge in [-0.05, 0) is 72.4 Å². The van der Waals surface area contributed by atoms with Crippen molar-refractivity contribution in [1.29, 1.82) is 0 Å². The van der Waals surface area contributed by atoms with Crippen LogP contribution in [0.3, 0.4) is 0 Å². The average molecular weight is 335 g/mol. The normalized spacial score (nSPS) is 21.3. The summed E-state index contributed by atoms with van der Waals surface area (Å²) in [7, 11) is 1.75. The van der Waals surface area contributed by atoms with Gasteiger partial charge in [-0.3, -0.25) is 0 Å². The van der Waals surface area contributed by atoms with E-state index in [-0.39, 0.29) is 0 Å². The number of hydrogen-bond donors (Lipinski definition) is 1. The standard InChI is InChI=1S/C23H29NO/c1-25-19-12-13-21-18(14-19)11-10-16-6-4-5-9-20(16)22(21)15-23(24)17-7-2-3-8-17/h4-6,9,12-14,17,22-23H,2-3,7-8,10-11,15,24H2,1H3. The van der Waals surface area contributed by atoms with Gasteiger partial charge in [0.1, 0.15) is 5.75 Å². The Labute approximate surface area is 151 Å². The molecule has 2 nitrogen and oxygen atoms in total. The van der Waals surface area contributed by atoms with Crippen molar-refractivity contribution in [2.75, 3.05) is 7.11 Å². The highest BCUT2D eigenvalue weighted by atomic mass is 16.5. The van der Waals surface area contributed by atoms with Gasteiger partial charge >= 0.3 is 0 Å². The van der Waals surface area contributed by atoms with E-state index in [9.17, 15) is 0 Å². The first kappa shape index (κ1) is 16.7. The van der Waals surface area contributed by atoms with Gasteiger partial charge in [0.2, 0.25) is 0 Å².